The van der Waals surface area contributed by atoms with Gasteiger partial charge in [0.05, 0.1) is 0 Å². The van der Waals surface area contributed by atoms with Crippen LogP contribution in [0.4, 0.5) is 0 Å². The highest BCUT2D eigenvalue weighted by molar-refractivity contribution is 4.88. The second-order valence-corrected chi connectivity index (χ2v) is 6.14. The Kier molecular flexibility index (Phi) is 5.30. The smallest absolute Gasteiger partial charge is 0.0124 e. The number of rotatable bonds is 5. The van der Waals surface area contributed by atoms with Gasteiger partial charge in [-0.2, -0.15) is 0 Å². The maximum Gasteiger partial charge on any atom is 0.0124 e. The van der Waals surface area contributed by atoms with Gasteiger partial charge in [-0.15, -0.1) is 0 Å². The average molecular weight is 238 g/mol. The van der Waals surface area contributed by atoms with E-state index in [-0.39, 0.29) is 0 Å². The Hall–Kier alpha value is -0.0800. The van der Waals surface area contributed by atoms with Crippen molar-refractivity contribution in [2.45, 2.75) is 64.3 Å². The van der Waals surface area contributed by atoms with Gasteiger partial charge in [0.2, 0.25) is 0 Å². The first-order valence-corrected chi connectivity index (χ1v) is 7.79. The summed E-state index contributed by atoms with van der Waals surface area (Å²) in [7, 11) is 0. The van der Waals surface area contributed by atoms with Crippen LogP contribution in [0.3, 0.4) is 0 Å². The molecule has 2 nitrogen and oxygen atoms in total. The molecular formula is C15H30N2. The standard InChI is InChI=1S/C15H30N2/c1-2-6-13(11-16)12-17-10-5-8-14-7-3-4-9-15(14)17/h13-15H,2-12,16H2,1H3. The van der Waals surface area contributed by atoms with Crippen molar-refractivity contribution in [3.63, 3.8) is 0 Å². The van der Waals surface area contributed by atoms with Crippen LogP contribution >= 0.6 is 0 Å². The third kappa shape index (κ3) is 3.45. The summed E-state index contributed by atoms with van der Waals surface area (Å²) in [4.78, 5) is 2.79. The number of hydrogen-bond donors (Lipinski definition) is 1. The fourth-order valence-corrected chi connectivity index (χ4v) is 3.98. The summed E-state index contributed by atoms with van der Waals surface area (Å²) >= 11 is 0. The highest BCUT2D eigenvalue weighted by Gasteiger charge is 2.33. The zero-order chi connectivity index (χ0) is 12.1. The van der Waals surface area contributed by atoms with Crippen LogP contribution in [0.15, 0.2) is 0 Å². The number of hydrogen-bond acceptors (Lipinski definition) is 2. The normalized spacial score (nSPS) is 32.1. The molecule has 2 fully saturated rings. The van der Waals surface area contributed by atoms with Crippen molar-refractivity contribution in [2.75, 3.05) is 19.6 Å². The summed E-state index contributed by atoms with van der Waals surface area (Å²) in [5.41, 5.74) is 5.92. The maximum atomic E-state index is 5.92. The minimum Gasteiger partial charge on any atom is -0.330 e. The second-order valence-electron chi connectivity index (χ2n) is 6.14. The first-order chi connectivity index (χ1) is 8.35. The van der Waals surface area contributed by atoms with Crippen molar-refractivity contribution in [2.24, 2.45) is 17.6 Å². The highest BCUT2D eigenvalue weighted by Crippen LogP contribution is 2.35. The monoisotopic (exact) mass is 238 g/mol. The molecule has 17 heavy (non-hydrogen) atoms. The van der Waals surface area contributed by atoms with Gasteiger partial charge in [-0.1, -0.05) is 26.2 Å². The summed E-state index contributed by atoms with van der Waals surface area (Å²) in [6.45, 7) is 5.76. The Bertz CT molecular complexity index is 215. The third-order valence-electron chi connectivity index (χ3n) is 4.88. The largest absolute Gasteiger partial charge is 0.330 e. The van der Waals surface area contributed by atoms with Gasteiger partial charge in [0.25, 0.3) is 0 Å². The lowest BCUT2D eigenvalue weighted by molar-refractivity contribution is 0.0478. The minimum atomic E-state index is 0.737. The van der Waals surface area contributed by atoms with Crippen molar-refractivity contribution in [3.8, 4) is 0 Å². The second kappa shape index (κ2) is 6.75. The van der Waals surface area contributed by atoms with Gasteiger partial charge >= 0.3 is 0 Å². The zero-order valence-corrected chi connectivity index (χ0v) is 11.5. The molecule has 3 unspecified atom stereocenters. The molecule has 1 aliphatic heterocycles. The van der Waals surface area contributed by atoms with Gasteiger partial charge in [0.1, 0.15) is 0 Å². The summed E-state index contributed by atoms with van der Waals surface area (Å²) in [5, 5.41) is 0. The fourth-order valence-electron chi connectivity index (χ4n) is 3.98. The topological polar surface area (TPSA) is 29.3 Å². The van der Waals surface area contributed by atoms with E-state index in [4.69, 9.17) is 5.73 Å². The van der Waals surface area contributed by atoms with Gasteiger partial charge in [0.15, 0.2) is 0 Å². The lowest BCUT2D eigenvalue weighted by Crippen LogP contribution is -2.49. The number of nitrogens with two attached hydrogens (primary N) is 1. The lowest BCUT2D eigenvalue weighted by Gasteiger charge is -2.45. The first-order valence-electron chi connectivity index (χ1n) is 7.79. The Morgan fingerprint density at radius 3 is 2.71 bits per heavy atom. The molecule has 0 aromatic carbocycles. The third-order valence-corrected chi connectivity index (χ3v) is 4.88. The van der Waals surface area contributed by atoms with E-state index >= 15 is 0 Å². The highest BCUT2D eigenvalue weighted by atomic mass is 15.2. The van der Waals surface area contributed by atoms with Crippen LogP contribution in [0.1, 0.15) is 58.3 Å². The van der Waals surface area contributed by atoms with E-state index in [1.54, 1.807) is 0 Å². The summed E-state index contributed by atoms with van der Waals surface area (Å²) in [5.74, 6) is 1.75. The fraction of sp³-hybridized carbons (Fsp3) is 1.00. The van der Waals surface area contributed by atoms with Crippen LogP contribution in [0.25, 0.3) is 0 Å². The van der Waals surface area contributed by atoms with Crippen molar-refractivity contribution in [3.05, 3.63) is 0 Å². The van der Waals surface area contributed by atoms with E-state index in [2.05, 4.69) is 11.8 Å². The van der Waals surface area contributed by atoms with E-state index in [1.807, 2.05) is 0 Å². The predicted molar refractivity (Wildman–Crippen MR) is 74.0 cm³/mol. The van der Waals surface area contributed by atoms with Gasteiger partial charge in [0, 0.05) is 12.6 Å². The van der Waals surface area contributed by atoms with Crippen molar-refractivity contribution in [1.29, 1.82) is 0 Å². The molecular weight excluding hydrogens is 208 g/mol. The van der Waals surface area contributed by atoms with E-state index < -0.39 is 0 Å². The number of piperidine rings is 1. The molecule has 2 heteroatoms. The van der Waals surface area contributed by atoms with Crippen LogP contribution in [0.5, 0.6) is 0 Å². The van der Waals surface area contributed by atoms with Crippen LogP contribution < -0.4 is 5.73 Å². The molecule has 0 aromatic rings. The average Bonchev–Trinajstić information content (AvgIpc) is 2.38. The van der Waals surface area contributed by atoms with Crippen LogP contribution in [0.2, 0.25) is 0 Å². The molecule has 2 rings (SSSR count). The molecule has 1 heterocycles. The molecule has 0 bridgehead atoms. The molecule has 0 spiro atoms. The molecule has 100 valence electrons. The molecule has 2 N–H and O–H groups in total. The molecule has 0 aromatic heterocycles. The first kappa shape index (κ1) is 13.4. The number of fused-ring (bicyclic) bond motifs is 1. The van der Waals surface area contributed by atoms with Crippen LogP contribution in [-0.2, 0) is 0 Å². The van der Waals surface area contributed by atoms with Crippen LogP contribution in [0, 0.1) is 11.8 Å². The lowest BCUT2D eigenvalue weighted by atomic mass is 9.78. The Labute approximate surface area is 107 Å². The molecule has 2 aliphatic rings. The van der Waals surface area contributed by atoms with Crippen molar-refractivity contribution < 1.29 is 0 Å². The molecule has 0 radical (unpaired) electrons. The minimum absolute atomic E-state index is 0.737. The van der Waals surface area contributed by atoms with E-state index in [0.717, 1.165) is 24.4 Å². The number of likely N-dealkylation sites (tertiary alicyclic amines) is 1. The van der Waals surface area contributed by atoms with E-state index in [9.17, 15) is 0 Å². The summed E-state index contributed by atoms with van der Waals surface area (Å²) in [6, 6.07) is 0.906. The van der Waals surface area contributed by atoms with Crippen molar-refractivity contribution >= 4 is 0 Å². The Morgan fingerprint density at radius 1 is 1.18 bits per heavy atom. The van der Waals surface area contributed by atoms with Crippen molar-refractivity contribution in [1.82, 2.24) is 4.90 Å². The Balaban J connectivity index is 1.89. The molecule has 1 saturated carbocycles. The predicted octanol–water partition coefficient (Wildman–Crippen LogP) is 3.02. The van der Waals surface area contributed by atoms with E-state index in [1.165, 1.54) is 64.5 Å². The molecule has 1 saturated heterocycles. The quantitative estimate of drug-likeness (QED) is 0.798. The zero-order valence-electron chi connectivity index (χ0n) is 11.5. The van der Waals surface area contributed by atoms with Crippen LogP contribution in [-0.4, -0.2) is 30.6 Å². The molecule has 3 atom stereocenters. The summed E-state index contributed by atoms with van der Waals surface area (Å²) < 4.78 is 0. The number of nitrogens with zero attached hydrogens (tertiary/aromatic N) is 1. The Morgan fingerprint density at radius 2 is 1.94 bits per heavy atom. The SMILES string of the molecule is CCCC(CN)CN1CCCC2CCCCC21. The molecule has 0 amide bonds. The van der Waals surface area contributed by atoms with E-state index in [0.29, 0.717) is 0 Å². The van der Waals surface area contributed by atoms with Gasteiger partial charge in [-0.05, 0) is 57.0 Å². The molecule has 1 aliphatic carbocycles. The van der Waals surface area contributed by atoms with Gasteiger partial charge in [-0.25, -0.2) is 0 Å². The summed E-state index contributed by atoms with van der Waals surface area (Å²) in [6.07, 6.45) is 11.4. The van der Waals surface area contributed by atoms with Gasteiger partial charge < -0.3 is 5.73 Å². The van der Waals surface area contributed by atoms with Gasteiger partial charge in [-0.3, -0.25) is 4.90 Å². The maximum absolute atomic E-state index is 5.92.